The standard InChI is InChI=1S/C14H24O4/c1-12(2,3)18-11(16)13(4,5)14(17)8-6-10(15)7-9-14/h17H,6-9H2,1-5H3. The molecule has 0 heterocycles. The van der Waals surface area contributed by atoms with Crippen LogP contribution in [0.3, 0.4) is 0 Å². The zero-order valence-corrected chi connectivity index (χ0v) is 12.0. The van der Waals surface area contributed by atoms with Gasteiger partial charge in [-0.3, -0.25) is 9.59 Å². The lowest BCUT2D eigenvalue weighted by Gasteiger charge is -2.43. The van der Waals surface area contributed by atoms with Crippen molar-refractivity contribution in [1.82, 2.24) is 0 Å². The fourth-order valence-electron chi connectivity index (χ4n) is 2.16. The second kappa shape index (κ2) is 4.65. The Balaban J connectivity index is 2.85. The molecule has 0 aromatic heterocycles. The van der Waals surface area contributed by atoms with Crippen LogP contribution in [0.1, 0.15) is 60.3 Å². The topological polar surface area (TPSA) is 63.6 Å². The van der Waals surface area contributed by atoms with Gasteiger partial charge in [0, 0.05) is 12.8 Å². The molecule has 0 radical (unpaired) electrons. The van der Waals surface area contributed by atoms with Crippen LogP contribution >= 0.6 is 0 Å². The van der Waals surface area contributed by atoms with E-state index in [1.54, 1.807) is 34.6 Å². The number of ketones is 1. The van der Waals surface area contributed by atoms with Crippen LogP contribution in [0.25, 0.3) is 0 Å². The molecule has 1 saturated carbocycles. The molecule has 0 bridgehead atoms. The summed E-state index contributed by atoms with van der Waals surface area (Å²) in [4.78, 5) is 23.4. The number of carbonyl (C=O) groups excluding carboxylic acids is 2. The van der Waals surface area contributed by atoms with Crippen molar-refractivity contribution in [1.29, 1.82) is 0 Å². The van der Waals surface area contributed by atoms with Crippen molar-refractivity contribution in [2.75, 3.05) is 0 Å². The third kappa shape index (κ3) is 3.10. The third-order valence-corrected chi connectivity index (χ3v) is 3.71. The molecule has 104 valence electrons. The van der Waals surface area contributed by atoms with Crippen molar-refractivity contribution in [3.8, 4) is 0 Å². The highest BCUT2D eigenvalue weighted by atomic mass is 16.6. The quantitative estimate of drug-likeness (QED) is 0.769. The summed E-state index contributed by atoms with van der Waals surface area (Å²) in [6.07, 6.45) is 1.33. The Morgan fingerprint density at radius 3 is 2.00 bits per heavy atom. The van der Waals surface area contributed by atoms with Gasteiger partial charge in [-0.25, -0.2) is 0 Å². The summed E-state index contributed by atoms with van der Waals surface area (Å²) in [5, 5.41) is 10.6. The molecule has 1 rings (SSSR count). The number of ether oxygens (including phenoxy) is 1. The van der Waals surface area contributed by atoms with Gasteiger partial charge in [0.15, 0.2) is 0 Å². The number of hydrogen-bond acceptors (Lipinski definition) is 4. The lowest BCUT2D eigenvalue weighted by Crippen LogP contribution is -2.53. The maximum atomic E-state index is 12.2. The molecule has 0 atom stereocenters. The first kappa shape index (κ1) is 15.2. The van der Waals surface area contributed by atoms with Crippen molar-refractivity contribution < 1.29 is 19.4 Å². The Hall–Kier alpha value is -0.900. The molecular weight excluding hydrogens is 232 g/mol. The highest BCUT2D eigenvalue weighted by molar-refractivity contribution is 5.82. The van der Waals surface area contributed by atoms with Crippen LogP contribution < -0.4 is 0 Å². The van der Waals surface area contributed by atoms with E-state index in [2.05, 4.69) is 0 Å². The van der Waals surface area contributed by atoms with Gasteiger partial charge in [-0.1, -0.05) is 0 Å². The molecule has 18 heavy (non-hydrogen) atoms. The van der Waals surface area contributed by atoms with Crippen molar-refractivity contribution in [3.05, 3.63) is 0 Å². The van der Waals surface area contributed by atoms with E-state index in [-0.39, 0.29) is 5.78 Å². The minimum atomic E-state index is -1.15. The van der Waals surface area contributed by atoms with Gasteiger partial charge in [0.2, 0.25) is 0 Å². The van der Waals surface area contributed by atoms with E-state index in [9.17, 15) is 14.7 Å². The SMILES string of the molecule is CC(C)(C)OC(=O)C(C)(C)C1(O)CCC(=O)CC1. The molecule has 1 aliphatic carbocycles. The van der Waals surface area contributed by atoms with E-state index >= 15 is 0 Å². The summed E-state index contributed by atoms with van der Waals surface area (Å²) in [6.45, 7) is 8.79. The van der Waals surface area contributed by atoms with Crippen LogP contribution in [-0.2, 0) is 14.3 Å². The molecule has 4 heteroatoms. The second-order valence-electron chi connectivity index (χ2n) is 6.70. The smallest absolute Gasteiger partial charge is 0.314 e. The molecule has 1 fully saturated rings. The van der Waals surface area contributed by atoms with E-state index in [1.807, 2.05) is 0 Å². The minimum Gasteiger partial charge on any atom is -0.459 e. The maximum absolute atomic E-state index is 12.2. The van der Waals surface area contributed by atoms with Crippen molar-refractivity contribution in [3.63, 3.8) is 0 Å². The summed E-state index contributed by atoms with van der Waals surface area (Å²) < 4.78 is 5.36. The molecule has 0 saturated heterocycles. The first-order valence-corrected chi connectivity index (χ1v) is 6.45. The van der Waals surface area contributed by atoms with Gasteiger partial charge in [0.1, 0.15) is 11.4 Å². The predicted octanol–water partition coefficient (Wildman–Crippen LogP) is 2.23. The summed E-state index contributed by atoms with van der Waals surface area (Å²) >= 11 is 0. The zero-order valence-electron chi connectivity index (χ0n) is 12.0. The van der Waals surface area contributed by atoms with Gasteiger partial charge in [0.25, 0.3) is 0 Å². The largest absolute Gasteiger partial charge is 0.459 e. The van der Waals surface area contributed by atoms with Gasteiger partial charge in [-0.15, -0.1) is 0 Å². The molecule has 0 spiro atoms. The first-order valence-electron chi connectivity index (χ1n) is 6.45. The van der Waals surface area contributed by atoms with E-state index in [0.29, 0.717) is 25.7 Å². The van der Waals surface area contributed by atoms with E-state index < -0.39 is 22.6 Å². The summed E-state index contributed by atoms with van der Waals surface area (Å²) in [5.41, 5.74) is -2.72. The third-order valence-electron chi connectivity index (χ3n) is 3.71. The van der Waals surface area contributed by atoms with Crippen LogP contribution in [0.5, 0.6) is 0 Å². The Bertz CT molecular complexity index is 339. The number of Topliss-reactive ketones (excluding diaryl/α,β-unsaturated/α-hetero) is 1. The zero-order chi connectivity index (χ0) is 14.2. The van der Waals surface area contributed by atoms with Crippen molar-refractivity contribution in [2.24, 2.45) is 5.41 Å². The predicted molar refractivity (Wildman–Crippen MR) is 68.1 cm³/mol. The van der Waals surface area contributed by atoms with E-state index in [4.69, 9.17) is 4.74 Å². The molecule has 0 amide bonds. The van der Waals surface area contributed by atoms with Crippen LogP contribution in [-0.4, -0.2) is 28.1 Å². The fourth-order valence-corrected chi connectivity index (χ4v) is 2.16. The molecule has 1 aliphatic rings. The highest BCUT2D eigenvalue weighted by Crippen LogP contribution is 2.42. The monoisotopic (exact) mass is 256 g/mol. The Morgan fingerprint density at radius 2 is 1.61 bits per heavy atom. The van der Waals surface area contributed by atoms with E-state index in [1.165, 1.54) is 0 Å². The molecule has 0 unspecified atom stereocenters. The van der Waals surface area contributed by atoms with Crippen LogP contribution in [0, 0.1) is 5.41 Å². The molecule has 0 aromatic carbocycles. The van der Waals surface area contributed by atoms with Crippen LogP contribution in [0.2, 0.25) is 0 Å². The Labute approximate surface area is 109 Å². The lowest BCUT2D eigenvalue weighted by atomic mass is 9.67. The number of hydrogen-bond donors (Lipinski definition) is 1. The fraction of sp³-hybridized carbons (Fsp3) is 0.857. The molecule has 0 aromatic rings. The van der Waals surface area contributed by atoms with Gasteiger partial charge < -0.3 is 9.84 Å². The van der Waals surface area contributed by atoms with Crippen LogP contribution in [0.4, 0.5) is 0 Å². The average Bonchev–Trinajstić information content (AvgIpc) is 2.20. The Morgan fingerprint density at radius 1 is 1.17 bits per heavy atom. The number of carbonyl (C=O) groups is 2. The molecule has 1 N–H and O–H groups in total. The molecule has 0 aliphatic heterocycles. The average molecular weight is 256 g/mol. The minimum absolute atomic E-state index is 0.152. The second-order valence-corrected chi connectivity index (χ2v) is 6.70. The van der Waals surface area contributed by atoms with Gasteiger partial charge >= 0.3 is 5.97 Å². The number of esters is 1. The summed E-state index contributed by atoms with van der Waals surface area (Å²) in [7, 11) is 0. The first-order chi connectivity index (χ1) is 7.98. The Kier molecular flexibility index (Phi) is 3.92. The number of aliphatic hydroxyl groups is 1. The lowest BCUT2D eigenvalue weighted by molar-refractivity contribution is -0.186. The molecule has 4 nitrogen and oxygen atoms in total. The van der Waals surface area contributed by atoms with Crippen molar-refractivity contribution in [2.45, 2.75) is 71.5 Å². The highest BCUT2D eigenvalue weighted by Gasteiger charge is 2.51. The summed E-state index contributed by atoms with van der Waals surface area (Å²) in [6, 6.07) is 0. The molecular formula is C14H24O4. The number of rotatable bonds is 2. The van der Waals surface area contributed by atoms with Gasteiger partial charge in [-0.05, 0) is 47.5 Å². The van der Waals surface area contributed by atoms with Gasteiger partial charge in [0.05, 0.1) is 11.0 Å². The normalized spacial score (nSPS) is 20.7. The van der Waals surface area contributed by atoms with E-state index in [0.717, 1.165) is 0 Å². The van der Waals surface area contributed by atoms with Crippen molar-refractivity contribution >= 4 is 11.8 Å². The van der Waals surface area contributed by atoms with Crippen LogP contribution in [0.15, 0.2) is 0 Å². The maximum Gasteiger partial charge on any atom is 0.314 e. The summed E-state index contributed by atoms with van der Waals surface area (Å²) in [5.74, 6) is -0.258. The van der Waals surface area contributed by atoms with Gasteiger partial charge in [-0.2, -0.15) is 0 Å².